The van der Waals surface area contributed by atoms with Gasteiger partial charge in [-0.3, -0.25) is 0 Å². The number of ether oxygens (including phenoxy) is 1. The Morgan fingerprint density at radius 3 is 2.74 bits per heavy atom. The van der Waals surface area contributed by atoms with E-state index < -0.39 is 5.82 Å². The highest BCUT2D eigenvalue weighted by molar-refractivity contribution is 5.77. The average Bonchev–Trinajstić information content (AvgIpc) is 3.19. The molecule has 1 N–H and O–H groups in total. The first kappa shape index (κ1) is 17.2. The van der Waals surface area contributed by atoms with E-state index in [-0.39, 0.29) is 11.8 Å². The summed E-state index contributed by atoms with van der Waals surface area (Å²) in [6, 6.07) is 13.5. The first-order valence-corrected chi connectivity index (χ1v) is 8.59. The molecule has 27 heavy (non-hydrogen) atoms. The minimum absolute atomic E-state index is 0.212. The Hall–Kier alpha value is -3.26. The van der Waals surface area contributed by atoms with E-state index in [0.29, 0.717) is 32.1 Å². The fourth-order valence-corrected chi connectivity index (χ4v) is 2.74. The number of aromatic nitrogens is 2. The second kappa shape index (κ2) is 7.96. The third kappa shape index (κ3) is 4.12. The maximum Gasteiger partial charge on any atom is 0.245 e. The van der Waals surface area contributed by atoms with Gasteiger partial charge in [-0.05, 0) is 12.1 Å². The number of rotatable bonds is 5. The van der Waals surface area contributed by atoms with Crippen LogP contribution in [0.2, 0.25) is 0 Å². The zero-order chi connectivity index (χ0) is 18.5. The molecular weight excluding hydrogens is 349 g/mol. The number of nitrogens with zero attached hydrogens (tertiary/aromatic N) is 4. The van der Waals surface area contributed by atoms with Crippen LogP contribution in [0, 0.1) is 5.82 Å². The van der Waals surface area contributed by atoms with Gasteiger partial charge in [-0.25, -0.2) is 14.8 Å². The first-order chi connectivity index (χ1) is 13.3. The number of benzene rings is 1. The van der Waals surface area contributed by atoms with Crippen molar-refractivity contribution in [3.63, 3.8) is 0 Å². The van der Waals surface area contributed by atoms with E-state index >= 15 is 0 Å². The number of halogens is 1. The number of hydrogen-bond acceptors (Lipinski definition) is 7. The molecule has 0 bridgehead atoms. The van der Waals surface area contributed by atoms with Crippen molar-refractivity contribution in [2.24, 2.45) is 5.10 Å². The second-order valence-electron chi connectivity index (χ2n) is 5.90. The van der Waals surface area contributed by atoms with Crippen LogP contribution in [-0.4, -0.2) is 42.5 Å². The van der Waals surface area contributed by atoms with Crippen molar-refractivity contribution in [1.82, 2.24) is 9.97 Å². The Bertz CT molecular complexity index is 923. The third-order valence-corrected chi connectivity index (χ3v) is 4.08. The van der Waals surface area contributed by atoms with Gasteiger partial charge in [0.1, 0.15) is 11.5 Å². The number of hydrogen-bond donors (Lipinski definition) is 1. The Kier molecular flexibility index (Phi) is 5.06. The maximum absolute atomic E-state index is 14.0. The average molecular weight is 367 g/mol. The Labute approximate surface area is 155 Å². The zero-order valence-electron chi connectivity index (χ0n) is 14.5. The van der Waals surface area contributed by atoms with Crippen LogP contribution in [0.4, 0.5) is 16.2 Å². The van der Waals surface area contributed by atoms with Gasteiger partial charge in [0, 0.05) is 18.7 Å². The topological polar surface area (TPSA) is 75.8 Å². The van der Waals surface area contributed by atoms with E-state index in [1.54, 1.807) is 0 Å². The Balaban J connectivity index is 1.43. The lowest BCUT2D eigenvalue weighted by Gasteiger charge is -2.27. The van der Waals surface area contributed by atoms with Crippen molar-refractivity contribution in [2.75, 3.05) is 36.6 Å². The van der Waals surface area contributed by atoms with Gasteiger partial charge in [-0.15, -0.1) is 0 Å². The van der Waals surface area contributed by atoms with Crippen LogP contribution in [0.3, 0.4) is 0 Å². The smallest absolute Gasteiger partial charge is 0.245 e. The molecule has 0 saturated carbocycles. The summed E-state index contributed by atoms with van der Waals surface area (Å²) in [4.78, 5) is 9.95. The van der Waals surface area contributed by atoms with Gasteiger partial charge in [0.15, 0.2) is 11.6 Å². The molecule has 0 atom stereocenters. The van der Waals surface area contributed by atoms with E-state index in [9.17, 15) is 4.39 Å². The Morgan fingerprint density at radius 2 is 1.93 bits per heavy atom. The van der Waals surface area contributed by atoms with Gasteiger partial charge in [-0.1, -0.05) is 30.3 Å². The molecule has 0 radical (unpaired) electrons. The third-order valence-electron chi connectivity index (χ3n) is 4.08. The van der Waals surface area contributed by atoms with Crippen molar-refractivity contribution in [3.8, 4) is 11.3 Å². The van der Waals surface area contributed by atoms with Crippen LogP contribution in [0.15, 0.2) is 58.2 Å². The van der Waals surface area contributed by atoms with Crippen LogP contribution in [-0.2, 0) is 4.74 Å². The van der Waals surface area contributed by atoms with Gasteiger partial charge >= 0.3 is 0 Å². The van der Waals surface area contributed by atoms with Crippen LogP contribution < -0.4 is 10.3 Å². The normalized spacial score (nSPS) is 14.6. The molecule has 0 unspecified atom stereocenters. The van der Waals surface area contributed by atoms with Gasteiger partial charge in [0.2, 0.25) is 5.95 Å². The SMILES string of the molecule is Fc1cnc(N/N=C/c2ccc(-c3ccccc3)o2)nc1N1CCOCC1. The molecule has 1 aliphatic heterocycles. The fraction of sp³-hybridized carbons (Fsp3) is 0.211. The molecule has 3 aromatic rings. The molecule has 0 amide bonds. The molecular formula is C19H18FN5O2. The van der Waals surface area contributed by atoms with Gasteiger partial charge in [-0.2, -0.15) is 10.1 Å². The minimum atomic E-state index is -0.468. The quantitative estimate of drug-likeness (QED) is 0.551. The molecule has 1 aliphatic rings. The maximum atomic E-state index is 14.0. The second-order valence-corrected chi connectivity index (χ2v) is 5.90. The molecule has 3 heterocycles. The largest absolute Gasteiger partial charge is 0.455 e. The van der Waals surface area contributed by atoms with Crippen molar-refractivity contribution in [2.45, 2.75) is 0 Å². The summed E-state index contributed by atoms with van der Waals surface area (Å²) in [5.74, 6) is 1.32. The monoisotopic (exact) mass is 367 g/mol. The van der Waals surface area contributed by atoms with Crippen LogP contribution in [0.25, 0.3) is 11.3 Å². The van der Waals surface area contributed by atoms with Gasteiger partial charge < -0.3 is 14.1 Å². The summed E-state index contributed by atoms with van der Waals surface area (Å²) in [6.07, 6.45) is 2.66. The van der Waals surface area contributed by atoms with E-state index in [2.05, 4.69) is 20.5 Å². The summed E-state index contributed by atoms with van der Waals surface area (Å²) in [6.45, 7) is 2.27. The number of nitrogens with one attached hydrogen (secondary N) is 1. The van der Waals surface area contributed by atoms with Crippen molar-refractivity contribution < 1.29 is 13.5 Å². The molecule has 8 heteroatoms. The number of anilines is 2. The van der Waals surface area contributed by atoms with Crippen molar-refractivity contribution in [1.29, 1.82) is 0 Å². The minimum Gasteiger partial charge on any atom is -0.455 e. The highest BCUT2D eigenvalue weighted by Gasteiger charge is 2.17. The van der Waals surface area contributed by atoms with E-state index in [4.69, 9.17) is 9.15 Å². The van der Waals surface area contributed by atoms with E-state index in [1.165, 1.54) is 6.21 Å². The summed E-state index contributed by atoms with van der Waals surface area (Å²) < 4.78 is 25.0. The molecule has 1 saturated heterocycles. The predicted octanol–water partition coefficient (Wildman–Crippen LogP) is 3.16. The zero-order valence-corrected chi connectivity index (χ0v) is 14.5. The van der Waals surface area contributed by atoms with Crippen molar-refractivity contribution >= 4 is 18.0 Å². The molecule has 0 aliphatic carbocycles. The number of furan rings is 1. The van der Waals surface area contributed by atoms with Gasteiger partial charge in [0.25, 0.3) is 0 Å². The highest BCUT2D eigenvalue weighted by atomic mass is 19.1. The highest BCUT2D eigenvalue weighted by Crippen LogP contribution is 2.21. The standard InChI is InChI=1S/C19H18FN5O2/c20-16-13-21-19(23-18(16)25-8-10-26-11-9-25)24-22-12-15-6-7-17(27-15)14-4-2-1-3-5-14/h1-7,12-13H,8-11H2,(H,21,23,24)/b22-12+. The number of morpholine rings is 1. The lowest BCUT2D eigenvalue weighted by molar-refractivity contribution is 0.122. The van der Waals surface area contributed by atoms with Crippen LogP contribution >= 0.6 is 0 Å². The summed E-state index contributed by atoms with van der Waals surface area (Å²) >= 11 is 0. The lowest BCUT2D eigenvalue weighted by Crippen LogP contribution is -2.37. The predicted molar refractivity (Wildman–Crippen MR) is 100 cm³/mol. The fourth-order valence-electron chi connectivity index (χ4n) is 2.74. The molecule has 2 aromatic heterocycles. The molecule has 0 spiro atoms. The summed E-state index contributed by atoms with van der Waals surface area (Å²) in [5.41, 5.74) is 3.70. The van der Waals surface area contributed by atoms with Crippen molar-refractivity contribution in [3.05, 3.63) is 60.2 Å². The molecule has 1 fully saturated rings. The van der Waals surface area contributed by atoms with Crippen LogP contribution in [0.1, 0.15) is 5.76 Å². The first-order valence-electron chi connectivity index (χ1n) is 8.59. The molecule has 7 nitrogen and oxygen atoms in total. The molecule has 1 aromatic carbocycles. The van der Waals surface area contributed by atoms with Gasteiger partial charge in [0.05, 0.1) is 25.6 Å². The van der Waals surface area contributed by atoms with Crippen LogP contribution in [0.5, 0.6) is 0 Å². The van der Waals surface area contributed by atoms with E-state index in [0.717, 1.165) is 17.5 Å². The number of hydrazone groups is 1. The summed E-state index contributed by atoms with van der Waals surface area (Å²) in [5, 5.41) is 4.08. The Morgan fingerprint density at radius 1 is 1.11 bits per heavy atom. The molecule has 4 rings (SSSR count). The lowest BCUT2D eigenvalue weighted by atomic mass is 10.2. The molecule has 138 valence electrons. The van der Waals surface area contributed by atoms with E-state index in [1.807, 2.05) is 47.4 Å². The summed E-state index contributed by atoms with van der Waals surface area (Å²) in [7, 11) is 0.